The van der Waals surface area contributed by atoms with Crippen LogP contribution in [0, 0.1) is 13.8 Å². The smallest absolute Gasteiger partial charge is 0.354 e. The highest BCUT2D eigenvalue weighted by molar-refractivity contribution is 5.86. The molecule has 21 heavy (non-hydrogen) atoms. The van der Waals surface area contributed by atoms with Crippen molar-refractivity contribution in [2.24, 2.45) is 0 Å². The Morgan fingerprint density at radius 2 is 2.24 bits per heavy atom. The monoisotopic (exact) mass is 291 g/mol. The van der Waals surface area contributed by atoms with Crippen LogP contribution in [0.2, 0.25) is 0 Å². The van der Waals surface area contributed by atoms with Crippen molar-refractivity contribution in [3.8, 4) is 0 Å². The molecule has 0 unspecified atom stereocenters. The summed E-state index contributed by atoms with van der Waals surface area (Å²) in [6.45, 7) is 6.33. The number of H-pyrrole nitrogens is 1. The molecule has 0 fully saturated rings. The van der Waals surface area contributed by atoms with Crippen LogP contribution in [0.5, 0.6) is 0 Å². The molecule has 2 N–H and O–H groups in total. The highest BCUT2D eigenvalue weighted by Gasteiger charge is 2.13. The normalized spacial score (nSPS) is 11.2. The number of aryl methyl sites for hydroxylation is 3. The standard InChI is InChI=1S/C14H21N5O2/c1-10-7-11(2)19(17-10)6-4-5-18(3)9-12-8-15-16-13(12)14(20)21/h7-8H,4-6,9H2,1-3H3,(H,15,16)(H,20,21). The molecule has 0 amide bonds. The van der Waals surface area contributed by atoms with Gasteiger partial charge in [0.2, 0.25) is 0 Å². The molecule has 2 heterocycles. The van der Waals surface area contributed by atoms with E-state index in [2.05, 4.69) is 26.3 Å². The summed E-state index contributed by atoms with van der Waals surface area (Å²) >= 11 is 0. The minimum Gasteiger partial charge on any atom is -0.477 e. The summed E-state index contributed by atoms with van der Waals surface area (Å²) in [5.41, 5.74) is 3.07. The summed E-state index contributed by atoms with van der Waals surface area (Å²) in [6.07, 6.45) is 2.53. The van der Waals surface area contributed by atoms with E-state index in [1.807, 2.05) is 25.6 Å². The predicted octanol–water partition coefficient (Wildman–Crippen LogP) is 1.44. The van der Waals surface area contributed by atoms with Gasteiger partial charge in [-0.15, -0.1) is 0 Å². The van der Waals surface area contributed by atoms with Crippen LogP contribution in [0.15, 0.2) is 12.3 Å². The van der Waals surface area contributed by atoms with Crippen molar-refractivity contribution in [2.45, 2.75) is 33.4 Å². The van der Waals surface area contributed by atoms with Crippen LogP contribution in [-0.2, 0) is 13.1 Å². The Hall–Kier alpha value is -2.15. The second kappa shape index (κ2) is 6.53. The molecular weight excluding hydrogens is 270 g/mol. The SMILES string of the molecule is Cc1cc(C)n(CCCN(C)Cc2cn[nH]c2C(=O)O)n1. The van der Waals surface area contributed by atoms with Crippen molar-refractivity contribution in [3.63, 3.8) is 0 Å². The first-order chi connectivity index (χ1) is 9.97. The van der Waals surface area contributed by atoms with Crippen LogP contribution in [-0.4, -0.2) is 49.5 Å². The number of nitrogens with one attached hydrogen (secondary N) is 1. The third-order valence-corrected chi connectivity index (χ3v) is 3.39. The number of aromatic carboxylic acids is 1. The number of carboxylic acids is 1. The Kier molecular flexibility index (Phi) is 4.74. The maximum atomic E-state index is 11.0. The molecule has 0 radical (unpaired) electrons. The molecule has 2 aromatic heterocycles. The number of hydrogen-bond acceptors (Lipinski definition) is 4. The van der Waals surface area contributed by atoms with E-state index in [0.29, 0.717) is 12.1 Å². The molecule has 114 valence electrons. The van der Waals surface area contributed by atoms with Crippen molar-refractivity contribution in [3.05, 3.63) is 34.9 Å². The molecule has 0 saturated heterocycles. The molecule has 0 aliphatic carbocycles. The minimum absolute atomic E-state index is 0.167. The number of carbonyl (C=O) groups is 1. The van der Waals surface area contributed by atoms with E-state index < -0.39 is 5.97 Å². The van der Waals surface area contributed by atoms with Crippen molar-refractivity contribution in [1.29, 1.82) is 0 Å². The quantitative estimate of drug-likeness (QED) is 0.806. The number of aromatic nitrogens is 4. The van der Waals surface area contributed by atoms with Crippen LogP contribution in [0.25, 0.3) is 0 Å². The van der Waals surface area contributed by atoms with E-state index in [0.717, 1.165) is 30.9 Å². The first-order valence-corrected chi connectivity index (χ1v) is 6.92. The molecule has 2 aromatic rings. The second-order valence-corrected chi connectivity index (χ2v) is 5.32. The van der Waals surface area contributed by atoms with Crippen molar-refractivity contribution in [1.82, 2.24) is 24.9 Å². The number of carboxylic acid groups (broad SMARTS) is 1. The Balaban J connectivity index is 1.82. The van der Waals surface area contributed by atoms with E-state index >= 15 is 0 Å². The van der Waals surface area contributed by atoms with Gasteiger partial charge in [-0.3, -0.25) is 9.78 Å². The van der Waals surface area contributed by atoms with E-state index in [4.69, 9.17) is 5.11 Å². The average molecular weight is 291 g/mol. The molecule has 7 heteroatoms. The second-order valence-electron chi connectivity index (χ2n) is 5.32. The van der Waals surface area contributed by atoms with Gasteiger partial charge in [-0.25, -0.2) is 4.79 Å². The molecule has 0 saturated carbocycles. The summed E-state index contributed by atoms with van der Waals surface area (Å²) in [6, 6.07) is 2.06. The summed E-state index contributed by atoms with van der Waals surface area (Å²) < 4.78 is 2.00. The van der Waals surface area contributed by atoms with Crippen LogP contribution in [0.4, 0.5) is 0 Å². The van der Waals surface area contributed by atoms with Gasteiger partial charge >= 0.3 is 5.97 Å². The maximum absolute atomic E-state index is 11.0. The van der Waals surface area contributed by atoms with E-state index in [-0.39, 0.29) is 5.69 Å². The van der Waals surface area contributed by atoms with Gasteiger partial charge < -0.3 is 10.0 Å². The van der Waals surface area contributed by atoms with Crippen LogP contribution in [0.3, 0.4) is 0 Å². The third kappa shape index (κ3) is 3.91. The summed E-state index contributed by atoms with van der Waals surface area (Å²) in [5.74, 6) is -0.974. The fourth-order valence-electron chi connectivity index (χ4n) is 2.38. The zero-order valence-electron chi connectivity index (χ0n) is 12.6. The topological polar surface area (TPSA) is 87.0 Å². The Bertz CT molecular complexity index is 617. The lowest BCUT2D eigenvalue weighted by molar-refractivity contribution is 0.0688. The first kappa shape index (κ1) is 15.2. The van der Waals surface area contributed by atoms with E-state index in [9.17, 15) is 4.79 Å². The number of hydrogen-bond donors (Lipinski definition) is 2. The molecule has 0 aromatic carbocycles. The fourth-order valence-corrected chi connectivity index (χ4v) is 2.38. The molecule has 0 atom stereocenters. The summed E-state index contributed by atoms with van der Waals surface area (Å²) in [5, 5.41) is 19.8. The lowest BCUT2D eigenvalue weighted by atomic mass is 10.2. The molecular formula is C14H21N5O2. The van der Waals surface area contributed by atoms with Crippen LogP contribution in [0.1, 0.15) is 33.9 Å². The number of nitrogens with zero attached hydrogens (tertiary/aromatic N) is 4. The summed E-state index contributed by atoms with van der Waals surface area (Å²) in [7, 11) is 1.97. The largest absolute Gasteiger partial charge is 0.477 e. The Labute approximate surface area is 123 Å². The van der Waals surface area contributed by atoms with Gasteiger partial charge in [0, 0.05) is 24.3 Å². The van der Waals surface area contributed by atoms with Gasteiger partial charge in [0.25, 0.3) is 0 Å². The number of rotatable bonds is 7. The minimum atomic E-state index is -0.974. The highest BCUT2D eigenvalue weighted by Crippen LogP contribution is 2.08. The third-order valence-electron chi connectivity index (χ3n) is 3.39. The van der Waals surface area contributed by atoms with Crippen molar-refractivity contribution in [2.75, 3.05) is 13.6 Å². The lowest BCUT2D eigenvalue weighted by Gasteiger charge is -2.16. The zero-order valence-corrected chi connectivity index (χ0v) is 12.6. The van der Waals surface area contributed by atoms with E-state index in [1.165, 1.54) is 0 Å². The number of aromatic amines is 1. The van der Waals surface area contributed by atoms with Gasteiger partial charge in [-0.05, 0) is 39.9 Å². The molecule has 0 aliphatic heterocycles. The van der Waals surface area contributed by atoms with Gasteiger partial charge in [0.15, 0.2) is 0 Å². The highest BCUT2D eigenvalue weighted by atomic mass is 16.4. The Morgan fingerprint density at radius 3 is 2.86 bits per heavy atom. The molecule has 0 spiro atoms. The lowest BCUT2D eigenvalue weighted by Crippen LogP contribution is -2.21. The van der Waals surface area contributed by atoms with Crippen LogP contribution >= 0.6 is 0 Å². The predicted molar refractivity (Wildman–Crippen MR) is 78.2 cm³/mol. The average Bonchev–Trinajstić information content (AvgIpc) is 2.96. The van der Waals surface area contributed by atoms with Crippen molar-refractivity contribution < 1.29 is 9.90 Å². The molecule has 2 rings (SSSR count). The Morgan fingerprint density at radius 1 is 1.48 bits per heavy atom. The van der Waals surface area contributed by atoms with E-state index in [1.54, 1.807) is 6.20 Å². The summed E-state index contributed by atoms with van der Waals surface area (Å²) in [4.78, 5) is 13.1. The zero-order chi connectivity index (χ0) is 15.4. The molecule has 0 bridgehead atoms. The van der Waals surface area contributed by atoms with Gasteiger partial charge in [-0.1, -0.05) is 0 Å². The fraction of sp³-hybridized carbons (Fsp3) is 0.500. The maximum Gasteiger partial charge on any atom is 0.354 e. The molecule has 7 nitrogen and oxygen atoms in total. The molecule has 0 aliphatic rings. The van der Waals surface area contributed by atoms with Gasteiger partial charge in [-0.2, -0.15) is 10.2 Å². The first-order valence-electron chi connectivity index (χ1n) is 6.92. The van der Waals surface area contributed by atoms with Gasteiger partial charge in [0.05, 0.1) is 11.9 Å². The van der Waals surface area contributed by atoms with Gasteiger partial charge in [0.1, 0.15) is 5.69 Å². The van der Waals surface area contributed by atoms with Crippen LogP contribution < -0.4 is 0 Å². The van der Waals surface area contributed by atoms with Crippen molar-refractivity contribution >= 4 is 5.97 Å².